The van der Waals surface area contributed by atoms with Crippen molar-refractivity contribution >= 4 is 17.3 Å². The van der Waals surface area contributed by atoms with Gasteiger partial charge in [0.25, 0.3) is 0 Å². The van der Waals surface area contributed by atoms with E-state index < -0.39 is 5.97 Å². The molecule has 0 spiro atoms. The average molecular weight is 402 g/mol. The summed E-state index contributed by atoms with van der Waals surface area (Å²) in [6.45, 7) is 5.99. The third-order valence-corrected chi connectivity index (χ3v) is 4.91. The predicted molar refractivity (Wildman–Crippen MR) is 113 cm³/mol. The molecule has 30 heavy (non-hydrogen) atoms. The van der Waals surface area contributed by atoms with Gasteiger partial charge >= 0.3 is 5.97 Å². The van der Waals surface area contributed by atoms with Crippen LogP contribution >= 0.6 is 0 Å². The number of ether oxygens (including phenoxy) is 1. The molecule has 3 heterocycles. The van der Waals surface area contributed by atoms with E-state index in [1.165, 1.54) is 0 Å². The Bertz CT molecular complexity index is 1250. The van der Waals surface area contributed by atoms with Crippen molar-refractivity contribution in [1.82, 2.24) is 19.4 Å². The van der Waals surface area contributed by atoms with E-state index in [2.05, 4.69) is 5.10 Å². The van der Waals surface area contributed by atoms with Gasteiger partial charge in [0, 0.05) is 16.8 Å². The smallest absolute Gasteiger partial charge is 0.358 e. The van der Waals surface area contributed by atoms with Gasteiger partial charge in [-0.1, -0.05) is 24.3 Å². The first-order chi connectivity index (χ1) is 14.5. The summed E-state index contributed by atoms with van der Waals surface area (Å²) in [4.78, 5) is 23.7. The van der Waals surface area contributed by atoms with Crippen LogP contribution in [0.2, 0.25) is 0 Å². The fourth-order valence-electron chi connectivity index (χ4n) is 3.36. The molecule has 0 atom stereocenters. The maximum Gasteiger partial charge on any atom is 0.358 e. The molecule has 1 aromatic carbocycles. The molecule has 152 valence electrons. The van der Waals surface area contributed by atoms with Gasteiger partial charge in [-0.05, 0) is 51.1 Å². The summed E-state index contributed by atoms with van der Waals surface area (Å²) in [6.07, 6.45) is 0. The Balaban J connectivity index is 1.69. The van der Waals surface area contributed by atoms with E-state index in [0.29, 0.717) is 24.4 Å². The molecule has 0 saturated carbocycles. The van der Waals surface area contributed by atoms with Crippen LogP contribution in [0.25, 0.3) is 16.8 Å². The van der Waals surface area contributed by atoms with Crippen LogP contribution in [0, 0.1) is 6.92 Å². The molecule has 0 aliphatic carbocycles. The molecule has 7 heteroatoms. The number of hydrogen-bond donors (Lipinski definition) is 0. The summed E-state index contributed by atoms with van der Waals surface area (Å²) in [6, 6.07) is 17.1. The van der Waals surface area contributed by atoms with Crippen LogP contribution in [-0.2, 0) is 11.3 Å². The molecule has 0 amide bonds. The van der Waals surface area contributed by atoms with E-state index in [1.807, 2.05) is 53.9 Å². The summed E-state index contributed by atoms with van der Waals surface area (Å²) in [5, 5.41) is 9.14. The summed E-state index contributed by atoms with van der Waals surface area (Å²) < 4.78 is 8.66. The van der Waals surface area contributed by atoms with Crippen molar-refractivity contribution in [3.63, 3.8) is 0 Å². The maximum absolute atomic E-state index is 12.0. The van der Waals surface area contributed by atoms with Gasteiger partial charge in [-0.25, -0.2) is 9.31 Å². The van der Waals surface area contributed by atoms with Crippen molar-refractivity contribution in [1.29, 1.82) is 0 Å². The van der Waals surface area contributed by atoms with Crippen molar-refractivity contribution in [2.45, 2.75) is 27.3 Å². The number of aryl methyl sites for hydroxylation is 1. The quantitative estimate of drug-likeness (QED) is 0.361. The van der Waals surface area contributed by atoms with Crippen molar-refractivity contribution in [2.24, 2.45) is 0 Å². The highest BCUT2D eigenvalue weighted by molar-refractivity contribution is 5.95. The number of carbonyl (C=O) groups excluding carboxylic acids is 2. The zero-order valence-corrected chi connectivity index (χ0v) is 17.1. The predicted octanol–water partition coefficient (Wildman–Crippen LogP) is 3.93. The van der Waals surface area contributed by atoms with E-state index in [0.717, 1.165) is 28.2 Å². The second kappa shape index (κ2) is 7.94. The normalized spacial score (nSPS) is 11.0. The minimum atomic E-state index is -0.427. The minimum Gasteiger partial charge on any atom is -0.461 e. The number of aromatic nitrogens is 4. The molecule has 3 aromatic heterocycles. The number of ketones is 1. The first-order valence-corrected chi connectivity index (χ1v) is 9.77. The second-order valence-corrected chi connectivity index (χ2v) is 7.07. The van der Waals surface area contributed by atoms with Gasteiger partial charge in [-0.3, -0.25) is 9.48 Å². The van der Waals surface area contributed by atoms with Gasteiger partial charge in [0.1, 0.15) is 0 Å². The molecule has 0 unspecified atom stereocenters. The van der Waals surface area contributed by atoms with Crippen molar-refractivity contribution in [3.8, 4) is 11.3 Å². The molecule has 0 saturated heterocycles. The van der Waals surface area contributed by atoms with Crippen LogP contribution in [0.3, 0.4) is 0 Å². The Morgan fingerprint density at radius 3 is 2.60 bits per heavy atom. The highest BCUT2D eigenvalue weighted by Crippen LogP contribution is 2.22. The van der Waals surface area contributed by atoms with Gasteiger partial charge < -0.3 is 4.74 Å². The zero-order valence-electron chi connectivity index (χ0n) is 17.1. The molecular formula is C23H22N4O3. The number of fused-ring (bicyclic) bond motifs is 1. The lowest BCUT2D eigenvalue weighted by Gasteiger charge is -2.07. The summed E-state index contributed by atoms with van der Waals surface area (Å²) >= 11 is 0. The van der Waals surface area contributed by atoms with Crippen LogP contribution in [0.15, 0.2) is 54.6 Å². The third-order valence-electron chi connectivity index (χ3n) is 4.91. The Labute approximate surface area is 173 Å². The highest BCUT2D eigenvalue weighted by atomic mass is 16.5. The molecule has 0 bridgehead atoms. The minimum absolute atomic E-state index is 0.0212. The number of esters is 1. The SMILES string of the molecule is CCOC(=O)c1cc(C)n(Cc2cccc3cc(-c4cccc(C(C)=O)c4)nn23)n1. The monoisotopic (exact) mass is 402 g/mol. The molecule has 4 rings (SSSR count). The fourth-order valence-corrected chi connectivity index (χ4v) is 3.36. The van der Waals surface area contributed by atoms with Crippen LogP contribution < -0.4 is 0 Å². The zero-order chi connectivity index (χ0) is 21.3. The summed E-state index contributed by atoms with van der Waals surface area (Å²) in [5.41, 5.74) is 5.34. The third kappa shape index (κ3) is 3.74. The number of carbonyl (C=O) groups is 2. The van der Waals surface area contributed by atoms with E-state index in [9.17, 15) is 9.59 Å². The molecule has 0 radical (unpaired) electrons. The van der Waals surface area contributed by atoms with Crippen molar-refractivity contribution in [3.05, 3.63) is 77.2 Å². The Morgan fingerprint density at radius 1 is 1.03 bits per heavy atom. The Morgan fingerprint density at radius 2 is 1.83 bits per heavy atom. The fraction of sp³-hybridized carbons (Fsp3) is 0.217. The van der Waals surface area contributed by atoms with E-state index in [1.54, 1.807) is 30.7 Å². The summed E-state index contributed by atoms with van der Waals surface area (Å²) in [5.74, 6) is -0.405. The van der Waals surface area contributed by atoms with Gasteiger partial charge in [-0.15, -0.1) is 0 Å². The molecule has 0 N–H and O–H groups in total. The summed E-state index contributed by atoms with van der Waals surface area (Å²) in [7, 11) is 0. The lowest BCUT2D eigenvalue weighted by atomic mass is 10.1. The first-order valence-electron chi connectivity index (χ1n) is 9.77. The van der Waals surface area contributed by atoms with Crippen molar-refractivity contribution in [2.75, 3.05) is 6.61 Å². The van der Waals surface area contributed by atoms with Gasteiger partial charge in [0.05, 0.1) is 30.1 Å². The maximum atomic E-state index is 12.0. The van der Waals surface area contributed by atoms with Crippen LogP contribution in [0.1, 0.15) is 46.1 Å². The number of pyridine rings is 1. The number of Topliss-reactive ketones (excluding diaryl/α,β-unsaturated/α-hetero) is 1. The molecule has 7 nitrogen and oxygen atoms in total. The van der Waals surface area contributed by atoms with Gasteiger partial charge in [-0.2, -0.15) is 10.2 Å². The molecule has 0 aliphatic heterocycles. The lowest BCUT2D eigenvalue weighted by Crippen LogP contribution is -2.10. The molecule has 0 fully saturated rings. The van der Waals surface area contributed by atoms with Crippen LogP contribution in [0.5, 0.6) is 0 Å². The van der Waals surface area contributed by atoms with E-state index in [-0.39, 0.29) is 5.78 Å². The molecule has 4 aromatic rings. The lowest BCUT2D eigenvalue weighted by molar-refractivity contribution is 0.0518. The average Bonchev–Trinajstić information content (AvgIpc) is 3.33. The first kappa shape index (κ1) is 19.6. The van der Waals surface area contributed by atoms with Crippen molar-refractivity contribution < 1.29 is 14.3 Å². The van der Waals surface area contributed by atoms with Gasteiger partial charge in [0.15, 0.2) is 11.5 Å². The topological polar surface area (TPSA) is 78.5 Å². The van der Waals surface area contributed by atoms with E-state index >= 15 is 0 Å². The molecular weight excluding hydrogens is 380 g/mol. The second-order valence-electron chi connectivity index (χ2n) is 7.07. The van der Waals surface area contributed by atoms with E-state index in [4.69, 9.17) is 9.84 Å². The highest BCUT2D eigenvalue weighted by Gasteiger charge is 2.15. The number of benzene rings is 1. The molecule has 0 aliphatic rings. The largest absolute Gasteiger partial charge is 0.461 e. The standard InChI is InChI=1S/C23H22N4O3/c1-4-30-23(29)22-11-15(2)26(24-22)14-20-10-6-9-19-13-21(25-27(19)20)18-8-5-7-17(12-18)16(3)28/h5-13H,4,14H2,1-3H3. The van der Waals surface area contributed by atoms with Crippen LogP contribution in [-0.4, -0.2) is 37.8 Å². The van der Waals surface area contributed by atoms with Gasteiger partial charge in [0.2, 0.25) is 0 Å². The number of hydrogen-bond acceptors (Lipinski definition) is 5. The van der Waals surface area contributed by atoms with Crippen LogP contribution in [0.4, 0.5) is 0 Å². The number of rotatable bonds is 6. The number of nitrogens with zero attached hydrogens (tertiary/aromatic N) is 4. The Hall–Kier alpha value is -3.74. The Kier molecular flexibility index (Phi) is 5.18.